The van der Waals surface area contributed by atoms with Crippen LogP contribution in [-0.4, -0.2) is 48.8 Å². The van der Waals surface area contributed by atoms with Gasteiger partial charge < -0.3 is 15.4 Å². The average molecular weight is 401 g/mol. The second-order valence-electron chi connectivity index (χ2n) is 6.91. The molecule has 3 aromatic rings. The van der Waals surface area contributed by atoms with Crippen molar-refractivity contribution < 1.29 is 9.13 Å². The van der Waals surface area contributed by atoms with Crippen LogP contribution in [0.5, 0.6) is 5.75 Å². The quantitative estimate of drug-likeness (QED) is 0.687. The van der Waals surface area contributed by atoms with Gasteiger partial charge >= 0.3 is 0 Å². The molecule has 1 aliphatic rings. The smallest absolute Gasteiger partial charge is 0.142 e. The van der Waals surface area contributed by atoms with Gasteiger partial charge in [-0.2, -0.15) is 0 Å². The molecule has 1 atom stereocenters. The summed E-state index contributed by atoms with van der Waals surface area (Å²) in [6.45, 7) is 6.26. The maximum absolute atomic E-state index is 13.4. The summed E-state index contributed by atoms with van der Waals surface area (Å²) < 4.78 is 20.0. The second kappa shape index (κ2) is 8.43. The van der Waals surface area contributed by atoms with E-state index in [1.165, 1.54) is 23.5 Å². The lowest BCUT2D eigenvalue weighted by Gasteiger charge is -2.39. The van der Waals surface area contributed by atoms with E-state index >= 15 is 0 Å². The summed E-state index contributed by atoms with van der Waals surface area (Å²) in [5.74, 6) is 0.708. The minimum atomic E-state index is -0.226. The van der Waals surface area contributed by atoms with Crippen LogP contribution in [0.2, 0.25) is 0 Å². The van der Waals surface area contributed by atoms with E-state index in [4.69, 9.17) is 10.5 Å². The van der Waals surface area contributed by atoms with Crippen LogP contribution in [0.25, 0.3) is 10.2 Å². The number of nitrogens with zero attached hydrogens (tertiary/aromatic N) is 3. The van der Waals surface area contributed by atoms with Crippen LogP contribution < -0.4 is 15.4 Å². The number of aromatic nitrogens is 1. The third-order valence-electron chi connectivity index (χ3n) is 5.07. The number of ether oxygens (including phenoxy) is 1. The zero-order valence-electron chi connectivity index (χ0n) is 16.0. The molecule has 2 aromatic carbocycles. The van der Waals surface area contributed by atoms with Gasteiger partial charge in [0.05, 0.1) is 33.7 Å². The Kier molecular flexibility index (Phi) is 5.75. The zero-order chi connectivity index (χ0) is 19.5. The van der Waals surface area contributed by atoms with Crippen molar-refractivity contribution in [3.63, 3.8) is 0 Å². The van der Waals surface area contributed by atoms with Crippen LogP contribution in [0, 0.1) is 5.82 Å². The van der Waals surface area contributed by atoms with Gasteiger partial charge in [0.1, 0.15) is 11.6 Å². The van der Waals surface area contributed by atoms with Crippen molar-refractivity contribution in [2.45, 2.75) is 19.5 Å². The van der Waals surface area contributed by atoms with Gasteiger partial charge in [-0.1, -0.05) is 12.1 Å². The Morgan fingerprint density at radius 3 is 2.75 bits per heavy atom. The minimum Gasteiger partial charge on any atom is -0.492 e. The predicted octanol–water partition coefficient (Wildman–Crippen LogP) is 3.48. The lowest BCUT2D eigenvalue weighted by Crippen LogP contribution is -2.54. The minimum absolute atomic E-state index is 0.0882. The van der Waals surface area contributed by atoms with Gasteiger partial charge in [0.2, 0.25) is 0 Å². The molecule has 1 saturated heterocycles. The number of benzene rings is 2. The summed E-state index contributed by atoms with van der Waals surface area (Å²) in [7, 11) is 0. The standard InChI is InChI=1S/C21H25FN4OS/c1-2-27-18-6-4-3-5-17(18)25-9-11-26(12-10-25)20(23)14-21-24-16-8-7-15(22)13-19(16)28-21/h3-8,13,20H,2,9-12,14,23H2,1H3. The van der Waals surface area contributed by atoms with E-state index < -0.39 is 0 Å². The number of nitrogens with two attached hydrogens (primary N) is 1. The van der Waals surface area contributed by atoms with Crippen molar-refractivity contribution in [1.29, 1.82) is 0 Å². The Hall–Kier alpha value is -2.22. The van der Waals surface area contributed by atoms with E-state index in [1.54, 1.807) is 6.07 Å². The fourth-order valence-electron chi connectivity index (χ4n) is 3.63. The van der Waals surface area contributed by atoms with Gasteiger partial charge in [-0.15, -0.1) is 11.3 Å². The largest absolute Gasteiger partial charge is 0.492 e. The molecule has 0 spiro atoms. The predicted molar refractivity (Wildman–Crippen MR) is 113 cm³/mol. The first-order chi connectivity index (χ1) is 13.6. The maximum Gasteiger partial charge on any atom is 0.142 e. The van der Waals surface area contributed by atoms with E-state index in [9.17, 15) is 4.39 Å². The van der Waals surface area contributed by atoms with Crippen LogP contribution in [0.3, 0.4) is 0 Å². The van der Waals surface area contributed by atoms with Gasteiger partial charge in [0, 0.05) is 32.6 Å². The van der Waals surface area contributed by atoms with E-state index in [-0.39, 0.29) is 12.0 Å². The molecule has 1 aromatic heterocycles. The molecule has 4 rings (SSSR count). The fourth-order valence-corrected chi connectivity index (χ4v) is 4.67. The third kappa shape index (κ3) is 4.11. The Bertz CT molecular complexity index is 939. The van der Waals surface area contributed by atoms with Crippen molar-refractivity contribution in [2.75, 3.05) is 37.7 Å². The molecule has 0 saturated carbocycles. The molecular weight excluding hydrogens is 375 g/mol. The van der Waals surface area contributed by atoms with Gasteiger partial charge in [0.25, 0.3) is 0 Å². The molecule has 1 aliphatic heterocycles. The molecule has 0 amide bonds. The number of fused-ring (bicyclic) bond motifs is 1. The molecule has 0 radical (unpaired) electrons. The molecule has 0 bridgehead atoms. The molecule has 2 heterocycles. The summed E-state index contributed by atoms with van der Waals surface area (Å²) in [4.78, 5) is 9.26. The van der Waals surface area contributed by atoms with E-state index in [0.717, 1.165) is 52.8 Å². The molecule has 1 unspecified atom stereocenters. The fraction of sp³-hybridized carbons (Fsp3) is 0.381. The van der Waals surface area contributed by atoms with E-state index in [0.29, 0.717) is 13.0 Å². The second-order valence-corrected chi connectivity index (χ2v) is 8.03. The van der Waals surface area contributed by atoms with Gasteiger partial charge in [-0.25, -0.2) is 9.37 Å². The van der Waals surface area contributed by atoms with Crippen molar-refractivity contribution in [3.05, 3.63) is 53.3 Å². The number of thiazole rings is 1. The van der Waals surface area contributed by atoms with Crippen LogP contribution >= 0.6 is 11.3 Å². The first-order valence-corrected chi connectivity index (χ1v) is 10.5. The first-order valence-electron chi connectivity index (χ1n) is 9.65. The monoisotopic (exact) mass is 400 g/mol. The van der Waals surface area contributed by atoms with E-state index in [2.05, 4.69) is 20.9 Å². The first kappa shape index (κ1) is 19.1. The number of piperazine rings is 1. The highest BCUT2D eigenvalue weighted by molar-refractivity contribution is 7.18. The van der Waals surface area contributed by atoms with Crippen LogP contribution in [0.4, 0.5) is 10.1 Å². The number of hydrogen-bond acceptors (Lipinski definition) is 6. The molecule has 148 valence electrons. The Morgan fingerprint density at radius 1 is 1.18 bits per heavy atom. The lowest BCUT2D eigenvalue weighted by molar-refractivity contribution is 0.187. The van der Waals surface area contributed by atoms with Crippen LogP contribution in [-0.2, 0) is 6.42 Å². The normalized spacial score (nSPS) is 16.5. The molecule has 28 heavy (non-hydrogen) atoms. The third-order valence-corrected chi connectivity index (χ3v) is 6.11. The number of halogens is 1. The van der Waals surface area contributed by atoms with Crippen LogP contribution in [0.15, 0.2) is 42.5 Å². The van der Waals surface area contributed by atoms with Crippen LogP contribution in [0.1, 0.15) is 11.9 Å². The topological polar surface area (TPSA) is 54.6 Å². The average Bonchev–Trinajstić information content (AvgIpc) is 3.10. The lowest BCUT2D eigenvalue weighted by atomic mass is 10.2. The van der Waals surface area contributed by atoms with Crippen molar-refractivity contribution in [3.8, 4) is 5.75 Å². The summed E-state index contributed by atoms with van der Waals surface area (Å²) >= 11 is 1.52. The van der Waals surface area contributed by atoms with Crippen molar-refractivity contribution >= 4 is 27.2 Å². The van der Waals surface area contributed by atoms with E-state index in [1.807, 2.05) is 25.1 Å². The molecule has 7 heteroatoms. The number of rotatable bonds is 6. The molecule has 0 aliphatic carbocycles. The molecule has 2 N–H and O–H groups in total. The molecule has 1 fully saturated rings. The summed E-state index contributed by atoms with van der Waals surface area (Å²) in [5, 5.41) is 0.956. The highest BCUT2D eigenvalue weighted by Crippen LogP contribution is 2.29. The van der Waals surface area contributed by atoms with Gasteiger partial charge in [0.15, 0.2) is 0 Å². The Morgan fingerprint density at radius 2 is 1.96 bits per heavy atom. The maximum atomic E-state index is 13.4. The summed E-state index contributed by atoms with van der Waals surface area (Å²) in [6.07, 6.45) is 0.589. The number of hydrogen-bond donors (Lipinski definition) is 1. The van der Waals surface area contributed by atoms with Crippen molar-refractivity contribution in [2.24, 2.45) is 5.73 Å². The van der Waals surface area contributed by atoms with Gasteiger partial charge in [-0.05, 0) is 37.3 Å². The summed E-state index contributed by atoms with van der Waals surface area (Å²) in [6, 6.07) is 12.9. The Labute approximate surface area is 168 Å². The number of para-hydroxylation sites is 2. The highest BCUT2D eigenvalue weighted by atomic mass is 32.1. The number of anilines is 1. The zero-order valence-corrected chi connectivity index (χ0v) is 16.8. The Balaban J connectivity index is 1.38. The highest BCUT2D eigenvalue weighted by Gasteiger charge is 2.24. The molecular formula is C21H25FN4OS. The van der Waals surface area contributed by atoms with Crippen molar-refractivity contribution in [1.82, 2.24) is 9.88 Å². The SMILES string of the molecule is CCOc1ccccc1N1CCN(C(N)Cc2nc3ccc(F)cc3s2)CC1. The van der Waals surface area contributed by atoms with Gasteiger partial charge in [-0.3, -0.25) is 4.90 Å². The summed E-state index contributed by atoms with van der Waals surface area (Å²) in [5.41, 5.74) is 8.45. The molecule has 5 nitrogen and oxygen atoms in total.